The van der Waals surface area contributed by atoms with Gasteiger partial charge in [-0.15, -0.1) is 11.6 Å². The van der Waals surface area contributed by atoms with Gasteiger partial charge in [0, 0.05) is 12.6 Å². The van der Waals surface area contributed by atoms with Crippen molar-refractivity contribution in [2.45, 2.75) is 19.4 Å². The molecule has 0 bridgehead atoms. The molecule has 0 unspecified atom stereocenters. The monoisotopic (exact) mass is 268 g/mol. The molecule has 5 heteroatoms. The van der Waals surface area contributed by atoms with Crippen molar-refractivity contribution in [2.24, 2.45) is 7.05 Å². The number of alkyl halides is 1. The minimum Gasteiger partial charge on any atom is -0.484 e. The van der Waals surface area contributed by atoms with Crippen LogP contribution in [0.25, 0.3) is 0 Å². The molecule has 0 saturated heterocycles. The van der Waals surface area contributed by atoms with Gasteiger partial charge < -0.3 is 4.74 Å². The Balaban J connectivity index is 2.17. The Bertz CT molecular complexity index is 554. The zero-order chi connectivity index (χ0) is 13.1. The van der Waals surface area contributed by atoms with E-state index >= 15 is 0 Å². The summed E-state index contributed by atoms with van der Waals surface area (Å²) in [6, 6.07) is 6.63. The second-order valence-corrected chi connectivity index (χ2v) is 4.32. The smallest absolute Gasteiger partial charge is 0.165 e. The zero-order valence-corrected chi connectivity index (χ0v) is 11.0. The van der Waals surface area contributed by atoms with Crippen LogP contribution >= 0.6 is 11.6 Å². The van der Waals surface area contributed by atoms with E-state index in [1.807, 2.05) is 20.0 Å². The van der Waals surface area contributed by atoms with Gasteiger partial charge in [-0.3, -0.25) is 4.68 Å². The van der Waals surface area contributed by atoms with Crippen molar-refractivity contribution in [3.8, 4) is 5.75 Å². The van der Waals surface area contributed by atoms with Crippen LogP contribution in [-0.4, -0.2) is 9.78 Å². The first kappa shape index (κ1) is 12.9. The van der Waals surface area contributed by atoms with Crippen LogP contribution < -0.4 is 4.74 Å². The van der Waals surface area contributed by atoms with Crippen molar-refractivity contribution in [3.05, 3.63) is 47.0 Å². The second-order valence-electron chi connectivity index (χ2n) is 4.05. The SMILES string of the molecule is Cc1cc(COc2c(F)cccc2CCl)n(C)n1. The van der Waals surface area contributed by atoms with Crippen LogP contribution in [0.2, 0.25) is 0 Å². The summed E-state index contributed by atoms with van der Waals surface area (Å²) in [6.45, 7) is 2.17. The van der Waals surface area contributed by atoms with E-state index in [1.165, 1.54) is 6.07 Å². The largest absolute Gasteiger partial charge is 0.484 e. The van der Waals surface area contributed by atoms with Gasteiger partial charge in [0.25, 0.3) is 0 Å². The van der Waals surface area contributed by atoms with Crippen molar-refractivity contribution < 1.29 is 9.13 Å². The first-order chi connectivity index (χ1) is 8.61. The standard InChI is InChI=1S/C13H14ClFN2O/c1-9-6-11(17(2)16-9)8-18-13-10(7-14)4-3-5-12(13)15/h3-6H,7-8H2,1-2H3. The fraction of sp³-hybridized carbons (Fsp3) is 0.308. The second kappa shape index (κ2) is 5.40. The number of rotatable bonds is 4. The number of hydrogen-bond donors (Lipinski definition) is 0. The van der Waals surface area contributed by atoms with Gasteiger partial charge in [-0.25, -0.2) is 4.39 Å². The molecule has 0 aliphatic carbocycles. The third-order valence-corrected chi connectivity index (χ3v) is 2.94. The lowest BCUT2D eigenvalue weighted by Gasteiger charge is -2.10. The molecule has 0 fully saturated rings. The third kappa shape index (κ3) is 2.64. The number of hydrogen-bond acceptors (Lipinski definition) is 2. The third-order valence-electron chi connectivity index (χ3n) is 2.66. The Hall–Kier alpha value is -1.55. The minimum atomic E-state index is -0.396. The maximum Gasteiger partial charge on any atom is 0.165 e. The molecule has 1 heterocycles. The molecule has 2 aromatic rings. The molecule has 1 aromatic heterocycles. The Morgan fingerprint density at radius 1 is 1.44 bits per heavy atom. The van der Waals surface area contributed by atoms with Crippen molar-refractivity contribution in [1.29, 1.82) is 0 Å². The highest BCUT2D eigenvalue weighted by Gasteiger charge is 2.10. The number of ether oxygens (including phenoxy) is 1. The predicted octanol–water partition coefficient (Wildman–Crippen LogP) is 3.19. The van der Waals surface area contributed by atoms with E-state index in [0.717, 1.165) is 11.4 Å². The quantitative estimate of drug-likeness (QED) is 0.797. The molecule has 2 rings (SSSR count). The van der Waals surface area contributed by atoms with E-state index in [0.29, 0.717) is 5.56 Å². The lowest BCUT2D eigenvalue weighted by Crippen LogP contribution is -2.05. The summed E-state index contributed by atoms with van der Waals surface area (Å²) >= 11 is 5.76. The first-order valence-corrected chi connectivity index (χ1v) is 6.11. The highest BCUT2D eigenvalue weighted by Crippen LogP contribution is 2.25. The van der Waals surface area contributed by atoms with E-state index in [-0.39, 0.29) is 18.2 Å². The average Bonchev–Trinajstić information content (AvgIpc) is 2.66. The molecule has 3 nitrogen and oxygen atoms in total. The van der Waals surface area contributed by atoms with Crippen molar-refractivity contribution >= 4 is 11.6 Å². The molecule has 1 aromatic carbocycles. The Kier molecular flexibility index (Phi) is 3.87. The lowest BCUT2D eigenvalue weighted by molar-refractivity contribution is 0.278. The van der Waals surface area contributed by atoms with Gasteiger partial charge in [-0.05, 0) is 19.1 Å². The number of para-hydroxylation sites is 1. The highest BCUT2D eigenvalue weighted by atomic mass is 35.5. The van der Waals surface area contributed by atoms with Gasteiger partial charge in [0.15, 0.2) is 11.6 Å². The molecule has 96 valence electrons. The van der Waals surface area contributed by atoms with E-state index < -0.39 is 5.82 Å². The van der Waals surface area contributed by atoms with E-state index in [4.69, 9.17) is 16.3 Å². The normalized spacial score (nSPS) is 10.7. The molecule has 0 radical (unpaired) electrons. The molecular formula is C13H14ClFN2O. The summed E-state index contributed by atoms with van der Waals surface area (Å²) in [5.74, 6) is 0.0377. The van der Waals surface area contributed by atoms with Gasteiger partial charge >= 0.3 is 0 Å². The Morgan fingerprint density at radius 2 is 2.22 bits per heavy atom. The molecule has 0 spiro atoms. The van der Waals surface area contributed by atoms with Crippen molar-refractivity contribution in [2.75, 3.05) is 0 Å². The molecule has 18 heavy (non-hydrogen) atoms. The summed E-state index contributed by atoms with van der Waals surface area (Å²) in [5, 5.41) is 4.21. The summed E-state index contributed by atoms with van der Waals surface area (Å²) in [5.41, 5.74) is 2.44. The molecular weight excluding hydrogens is 255 g/mol. The minimum absolute atomic E-state index is 0.214. The fourth-order valence-corrected chi connectivity index (χ4v) is 1.98. The summed E-state index contributed by atoms with van der Waals surface area (Å²) in [4.78, 5) is 0. The number of aryl methyl sites for hydroxylation is 2. The average molecular weight is 269 g/mol. The first-order valence-electron chi connectivity index (χ1n) is 5.57. The molecule has 0 saturated carbocycles. The molecule has 0 aliphatic heterocycles. The number of nitrogens with zero attached hydrogens (tertiary/aromatic N) is 2. The molecule has 0 amide bonds. The van der Waals surface area contributed by atoms with Crippen molar-refractivity contribution in [1.82, 2.24) is 9.78 Å². The maximum absolute atomic E-state index is 13.6. The number of aromatic nitrogens is 2. The van der Waals surface area contributed by atoms with Gasteiger partial charge in [0.2, 0.25) is 0 Å². The maximum atomic E-state index is 13.6. The van der Waals surface area contributed by atoms with Crippen LogP contribution in [0.15, 0.2) is 24.3 Å². The summed E-state index contributed by atoms with van der Waals surface area (Å²) in [7, 11) is 1.83. The van der Waals surface area contributed by atoms with E-state index in [9.17, 15) is 4.39 Å². The van der Waals surface area contributed by atoms with Crippen LogP contribution in [0.4, 0.5) is 4.39 Å². The van der Waals surface area contributed by atoms with Crippen LogP contribution in [0.5, 0.6) is 5.75 Å². The van der Waals surface area contributed by atoms with Gasteiger partial charge in [0.05, 0.1) is 17.3 Å². The van der Waals surface area contributed by atoms with Gasteiger partial charge in [-0.1, -0.05) is 12.1 Å². The van der Waals surface area contributed by atoms with E-state index in [2.05, 4.69) is 5.10 Å². The number of halogens is 2. The van der Waals surface area contributed by atoms with Crippen LogP contribution in [0.1, 0.15) is 17.0 Å². The van der Waals surface area contributed by atoms with Gasteiger partial charge in [-0.2, -0.15) is 5.10 Å². The topological polar surface area (TPSA) is 27.1 Å². The molecule has 0 atom stereocenters. The van der Waals surface area contributed by atoms with Gasteiger partial charge in [0.1, 0.15) is 6.61 Å². The predicted molar refractivity (Wildman–Crippen MR) is 68.2 cm³/mol. The Labute approximate surface area is 110 Å². The van der Waals surface area contributed by atoms with Crippen LogP contribution in [-0.2, 0) is 19.5 Å². The number of benzene rings is 1. The summed E-state index contributed by atoms with van der Waals surface area (Å²) < 4.78 is 20.9. The zero-order valence-electron chi connectivity index (χ0n) is 10.3. The Morgan fingerprint density at radius 3 is 2.83 bits per heavy atom. The lowest BCUT2D eigenvalue weighted by atomic mass is 10.2. The fourth-order valence-electron chi connectivity index (χ4n) is 1.77. The highest BCUT2D eigenvalue weighted by molar-refractivity contribution is 6.17. The molecule has 0 N–H and O–H groups in total. The summed E-state index contributed by atoms with van der Waals surface area (Å²) in [6.07, 6.45) is 0. The van der Waals surface area contributed by atoms with E-state index in [1.54, 1.807) is 16.8 Å². The van der Waals surface area contributed by atoms with Crippen LogP contribution in [0, 0.1) is 12.7 Å². The van der Waals surface area contributed by atoms with Crippen LogP contribution in [0.3, 0.4) is 0 Å². The van der Waals surface area contributed by atoms with Crippen molar-refractivity contribution in [3.63, 3.8) is 0 Å². The molecule has 0 aliphatic rings.